The van der Waals surface area contributed by atoms with Crippen LogP contribution in [0.5, 0.6) is 0 Å². The molecule has 0 spiro atoms. The van der Waals surface area contributed by atoms with Crippen molar-refractivity contribution < 1.29 is 4.79 Å². The topological polar surface area (TPSA) is 80.9 Å². The molecule has 0 bridgehead atoms. The van der Waals surface area contributed by atoms with E-state index in [4.69, 9.17) is 0 Å². The molecular weight excluding hydrogens is 270 g/mol. The Morgan fingerprint density at radius 2 is 2.33 bits per heavy atom. The number of hydrogen-bond acceptors (Lipinski definition) is 5. The van der Waals surface area contributed by atoms with Gasteiger partial charge in [0, 0.05) is 26.2 Å². The first kappa shape index (κ1) is 13.7. The maximum atomic E-state index is 12.1. The first-order valence-electron chi connectivity index (χ1n) is 7.08. The Kier molecular flexibility index (Phi) is 3.96. The van der Waals surface area contributed by atoms with Gasteiger partial charge in [0.1, 0.15) is 18.3 Å². The van der Waals surface area contributed by atoms with Crippen LogP contribution in [0.2, 0.25) is 0 Å². The summed E-state index contributed by atoms with van der Waals surface area (Å²) in [5, 5.41) is 11.3. The number of nitrogens with zero attached hydrogens (tertiary/aromatic N) is 6. The van der Waals surface area contributed by atoms with Gasteiger partial charge in [-0.25, -0.2) is 4.98 Å². The summed E-state index contributed by atoms with van der Waals surface area (Å²) >= 11 is 0. The van der Waals surface area contributed by atoms with Gasteiger partial charge in [-0.2, -0.15) is 10.2 Å². The Morgan fingerprint density at radius 1 is 1.43 bits per heavy atom. The molecule has 8 nitrogen and oxygen atoms in total. The number of carbonyl (C=O) groups is 1. The average molecular weight is 289 g/mol. The lowest BCUT2D eigenvalue weighted by atomic mass is 10.3. The molecule has 8 heteroatoms. The van der Waals surface area contributed by atoms with E-state index < -0.39 is 0 Å². The van der Waals surface area contributed by atoms with Gasteiger partial charge < -0.3 is 5.32 Å². The molecule has 21 heavy (non-hydrogen) atoms. The van der Waals surface area contributed by atoms with E-state index in [0.717, 1.165) is 38.3 Å². The Bertz CT molecular complexity index is 604. The van der Waals surface area contributed by atoms with Gasteiger partial charge in [0.2, 0.25) is 0 Å². The largest absolute Gasteiger partial charge is 0.351 e. The van der Waals surface area contributed by atoms with Gasteiger partial charge in [-0.05, 0) is 19.5 Å². The summed E-state index contributed by atoms with van der Waals surface area (Å²) in [5.74, 6) is -0.113. The summed E-state index contributed by atoms with van der Waals surface area (Å²) in [7, 11) is 2.07. The fourth-order valence-corrected chi connectivity index (χ4v) is 2.39. The SMILES string of the molecule is CN1CCn2nc(C(=O)NCCCn3cncn3)cc2C1. The average Bonchev–Trinajstić information content (AvgIpc) is 3.11. The van der Waals surface area contributed by atoms with E-state index in [0.29, 0.717) is 12.2 Å². The lowest BCUT2D eigenvalue weighted by Crippen LogP contribution is -2.30. The molecule has 0 radical (unpaired) electrons. The van der Waals surface area contributed by atoms with Crippen LogP contribution in [0.15, 0.2) is 18.7 Å². The summed E-state index contributed by atoms with van der Waals surface area (Å²) in [6.45, 7) is 3.98. The molecule has 3 heterocycles. The maximum Gasteiger partial charge on any atom is 0.271 e. The number of hydrogen-bond donors (Lipinski definition) is 1. The van der Waals surface area contributed by atoms with E-state index in [1.807, 2.05) is 10.7 Å². The second kappa shape index (κ2) is 6.04. The molecule has 0 saturated carbocycles. The third-order valence-corrected chi connectivity index (χ3v) is 3.54. The molecule has 0 saturated heterocycles. The molecule has 1 amide bonds. The molecular formula is C13H19N7O. The molecule has 0 aromatic carbocycles. The predicted molar refractivity (Wildman–Crippen MR) is 75.5 cm³/mol. The van der Waals surface area contributed by atoms with Gasteiger partial charge in [0.05, 0.1) is 12.2 Å². The van der Waals surface area contributed by atoms with Crippen molar-refractivity contribution in [1.29, 1.82) is 0 Å². The van der Waals surface area contributed by atoms with E-state index in [-0.39, 0.29) is 5.91 Å². The Labute approximate surface area is 122 Å². The maximum absolute atomic E-state index is 12.1. The van der Waals surface area contributed by atoms with Gasteiger partial charge in [-0.1, -0.05) is 0 Å². The lowest BCUT2D eigenvalue weighted by Gasteiger charge is -2.22. The minimum absolute atomic E-state index is 0.113. The van der Waals surface area contributed by atoms with Crippen LogP contribution in [0.4, 0.5) is 0 Å². The van der Waals surface area contributed by atoms with Gasteiger partial charge in [-0.15, -0.1) is 0 Å². The van der Waals surface area contributed by atoms with Crippen LogP contribution in [0.1, 0.15) is 22.6 Å². The number of nitrogens with one attached hydrogen (secondary N) is 1. The zero-order valence-electron chi connectivity index (χ0n) is 12.1. The molecule has 112 valence electrons. The highest BCUT2D eigenvalue weighted by Crippen LogP contribution is 2.12. The third-order valence-electron chi connectivity index (χ3n) is 3.54. The number of fused-ring (bicyclic) bond motifs is 1. The molecule has 0 unspecified atom stereocenters. The van der Waals surface area contributed by atoms with Gasteiger partial charge in [0.15, 0.2) is 0 Å². The van der Waals surface area contributed by atoms with Crippen LogP contribution < -0.4 is 5.32 Å². The summed E-state index contributed by atoms with van der Waals surface area (Å²) < 4.78 is 3.67. The minimum atomic E-state index is -0.113. The van der Waals surface area contributed by atoms with E-state index in [1.165, 1.54) is 6.33 Å². The van der Waals surface area contributed by atoms with E-state index in [9.17, 15) is 4.79 Å². The van der Waals surface area contributed by atoms with Crippen molar-refractivity contribution in [1.82, 2.24) is 34.8 Å². The summed E-state index contributed by atoms with van der Waals surface area (Å²) in [4.78, 5) is 18.2. The molecule has 1 aliphatic heterocycles. The molecule has 1 aliphatic rings. The first-order chi connectivity index (χ1) is 10.2. The van der Waals surface area contributed by atoms with E-state index >= 15 is 0 Å². The molecule has 2 aromatic rings. The fourth-order valence-electron chi connectivity index (χ4n) is 2.39. The Morgan fingerprint density at radius 3 is 3.14 bits per heavy atom. The predicted octanol–water partition coefficient (Wildman–Crippen LogP) is -0.260. The molecule has 1 N–H and O–H groups in total. The first-order valence-corrected chi connectivity index (χ1v) is 7.08. The second-order valence-corrected chi connectivity index (χ2v) is 5.25. The molecule has 3 rings (SSSR count). The highest BCUT2D eigenvalue weighted by molar-refractivity contribution is 5.92. The normalized spacial score (nSPS) is 14.9. The number of aryl methyl sites for hydroxylation is 1. The summed E-state index contributed by atoms with van der Waals surface area (Å²) in [5.41, 5.74) is 1.59. The molecule has 2 aromatic heterocycles. The Balaban J connectivity index is 1.49. The number of amides is 1. The zero-order chi connectivity index (χ0) is 14.7. The van der Waals surface area contributed by atoms with E-state index in [2.05, 4.69) is 32.4 Å². The molecule has 0 fully saturated rings. The van der Waals surface area contributed by atoms with Crippen molar-refractivity contribution in [3.63, 3.8) is 0 Å². The van der Waals surface area contributed by atoms with Gasteiger partial charge in [-0.3, -0.25) is 19.1 Å². The summed E-state index contributed by atoms with van der Waals surface area (Å²) in [6, 6.07) is 1.88. The van der Waals surface area contributed by atoms with Crippen molar-refractivity contribution in [2.45, 2.75) is 26.1 Å². The van der Waals surface area contributed by atoms with Crippen LogP contribution in [-0.4, -0.2) is 55.5 Å². The fraction of sp³-hybridized carbons (Fsp3) is 0.538. The number of likely N-dealkylation sites (N-methyl/N-ethyl adjacent to an activating group) is 1. The molecule has 0 atom stereocenters. The number of rotatable bonds is 5. The monoisotopic (exact) mass is 289 g/mol. The van der Waals surface area contributed by atoms with E-state index in [1.54, 1.807) is 11.0 Å². The van der Waals surface area contributed by atoms with Crippen molar-refractivity contribution in [2.75, 3.05) is 20.1 Å². The van der Waals surface area contributed by atoms with Crippen LogP contribution >= 0.6 is 0 Å². The third kappa shape index (κ3) is 3.27. The van der Waals surface area contributed by atoms with Crippen molar-refractivity contribution in [3.05, 3.63) is 30.1 Å². The number of carbonyl (C=O) groups excluding carboxylic acids is 1. The highest BCUT2D eigenvalue weighted by Gasteiger charge is 2.18. The van der Waals surface area contributed by atoms with Gasteiger partial charge in [0.25, 0.3) is 5.91 Å². The second-order valence-electron chi connectivity index (χ2n) is 5.25. The number of aromatic nitrogens is 5. The van der Waals surface area contributed by atoms with Crippen molar-refractivity contribution in [3.8, 4) is 0 Å². The summed E-state index contributed by atoms with van der Waals surface area (Å²) in [6.07, 6.45) is 3.98. The van der Waals surface area contributed by atoms with Gasteiger partial charge >= 0.3 is 0 Å². The molecule has 0 aliphatic carbocycles. The van der Waals surface area contributed by atoms with Crippen LogP contribution in [0.3, 0.4) is 0 Å². The van der Waals surface area contributed by atoms with Crippen LogP contribution in [0, 0.1) is 0 Å². The Hall–Kier alpha value is -2.22. The standard InChI is InChI=1S/C13H19N7O/c1-18-5-6-20-11(8-18)7-12(17-20)13(21)15-3-2-4-19-10-14-9-16-19/h7,9-10H,2-6,8H2,1H3,(H,15,21). The van der Waals surface area contributed by atoms with Crippen LogP contribution in [-0.2, 0) is 19.6 Å². The highest BCUT2D eigenvalue weighted by atomic mass is 16.1. The lowest BCUT2D eigenvalue weighted by molar-refractivity contribution is 0.0946. The quantitative estimate of drug-likeness (QED) is 0.767. The van der Waals surface area contributed by atoms with Crippen molar-refractivity contribution >= 4 is 5.91 Å². The zero-order valence-corrected chi connectivity index (χ0v) is 12.1. The minimum Gasteiger partial charge on any atom is -0.351 e. The van der Waals surface area contributed by atoms with Crippen molar-refractivity contribution in [2.24, 2.45) is 0 Å². The smallest absolute Gasteiger partial charge is 0.271 e. The van der Waals surface area contributed by atoms with Crippen LogP contribution in [0.25, 0.3) is 0 Å².